The zero-order chi connectivity index (χ0) is 17.9. The molecule has 132 valence electrons. The molecule has 1 aromatic rings. The predicted octanol–water partition coefficient (Wildman–Crippen LogP) is 3.48. The zero-order valence-electron chi connectivity index (χ0n) is 14.6. The predicted molar refractivity (Wildman–Crippen MR) is 94.0 cm³/mol. The first kappa shape index (κ1) is 18.7. The van der Waals surface area contributed by atoms with Crippen molar-refractivity contribution < 1.29 is 19.4 Å². The van der Waals surface area contributed by atoms with Crippen molar-refractivity contribution in [2.45, 2.75) is 46.3 Å². The van der Waals surface area contributed by atoms with E-state index >= 15 is 0 Å². The molecular weight excluding hydrogens is 326 g/mol. The van der Waals surface area contributed by atoms with Gasteiger partial charge in [-0.1, -0.05) is 19.9 Å². The van der Waals surface area contributed by atoms with Crippen molar-refractivity contribution >= 4 is 23.0 Å². The molecule has 1 N–H and O–H groups in total. The van der Waals surface area contributed by atoms with Gasteiger partial charge in [-0.05, 0) is 31.2 Å². The second kappa shape index (κ2) is 7.94. The molecule has 0 aliphatic carbocycles. The van der Waals surface area contributed by atoms with Gasteiger partial charge in [0.2, 0.25) is 0 Å². The van der Waals surface area contributed by atoms with Gasteiger partial charge in [-0.3, -0.25) is 9.59 Å². The summed E-state index contributed by atoms with van der Waals surface area (Å²) in [6.07, 6.45) is 0.372. The highest BCUT2D eigenvalue weighted by Gasteiger charge is 2.43. The standard InChI is InChI=1S/C18H25NO4S/c1-11(2)10-13(20)15-16(14-6-5-9-24-14)19(18(22)17(15)21)7-8-23-12(3)4/h5-6,9,11-12,16,21H,7-8,10H2,1-4H3. The highest BCUT2D eigenvalue weighted by Crippen LogP contribution is 2.40. The van der Waals surface area contributed by atoms with E-state index in [1.807, 2.05) is 45.2 Å². The summed E-state index contributed by atoms with van der Waals surface area (Å²) in [6.45, 7) is 8.44. The topological polar surface area (TPSA) is 66.8 Å². The highest BCUT2D eigenvalue weighted by molar-refractivity contribution is 7.10. The molecule has 0 aromatic carbocycles. The number of thiophene rings is 1. The number of aliphatic hydroxyl groups is 1. The molecule has 6 heteroatoms. The van der Waals surface area contributed by atoms with E-state index in [1.165, 1.54) is 16.2 Å². The molecule has 24 heavy (non-hydrogen) atoms. The molecule has 5 nitrogen and oxygen atoms in total. The second-order valence-electron chi connectivity index (χ2n) is 6.62. The SMILES string of the molecule is CC(C)CC(=O)C1=C(O)C(=O)N(CCOC(C)C)C1c1cccs1. The van der Waals surface area contributed by atoms with Gasteiger partial charge < -0.3 is 14.7 Å². The van der Waals surface area contributed by atoms with E-state index in [0.717, 1.165) is 4.88 Å². The van der Waals surface area contributed by atoms with Crippen molar-refractivity contribution in [2.75, 3.05) is 13.2 Å². The van der Waals surface area contributed by atoms with E-state index in [-0.39, 0.29) is 23.4 Å². The molecule has 2 rings (SSSR count). The molecule has 0 spiro atoms. The summed E-state index contributed by atoms with van der Waals surface area (Å²) >= 11 is 1.48. The molecule has 0 saturated heterocycles. The second-order valence-corrected chi connectivity index (χ2v) is 7.60. The van der Waals surface area contributed by atoms with Crippen LogP contribution in [0.2, 0.25) is 0 Å². The molecule has 0 bridgehead atoms. The minimum atomic E-state index is -0.514. The number of hydrogen-bond donors (Lipinski definition) is 1. The Morgan fingerprint density at radius 2 is 2.08 bits per heavy atom. The Morgan fingerprint density at radius 3 is 2.62 bits per heavy atom. The van der Waals surface area contributed by atoms with Crippen LogP contribution in [0.3, 0.4) is 0 Å². The molecule has 2 heterocycles. The Hall–Kier alpha value is -1.66. The molecule has 1 aliphatic heterocycles. The third kappa shape index (κ3) is 4.05. The molecule has 1 amide bonds. The van der Waals surface area contributed by atoms with Crippen LogP contribution >= 0.6 is 11.3 Å². The fourth-order valence-electron chi connectivity index (χ4n) is 2.78. The molecule has 1 aromatic heterocycles. The van der Waals surface area contributed by atoms with Crippen LogP contribution in [-0.2, 0) is 14.3 Å². The third-order valence-corrected chi connectivity index (χ3v) is 4.72. The van der Waals surface area contributed by atoms with E-state index in [9.17, 15) is 14.7 Å². The van der Waals surface area contributed by atoms with Crippen molar-refractivity contribution in [1.29, 1.82) is 0 Å². The van der Waals surface area contributed by atoms with E-state index in [2.05, 4.69) is 0 Å². The molecule has 1 aliphatic rings. The monoisotopic (exact) mass is 351 g/mol. The molecule has 0 saturated carbocycles. The lowest BCUT2D eigenvalue weighted by atomic mass is 9.95. The number of hydrogen-bond acceptors (Lipinski definition) is 5. The fourth-order valence-corrected chi connectivity index (χ4v) is 3.62. The van der Waals surface area contributed by atoms with Crippen LogP contribution < -0.4 is 0 Å². The summed E-state index contributed by atoms with van der Waals surface area (Å²) in [6, 6.07) is 3.26. The lowest BCUT2D eigenvalue weighted by Gasteiger charge is -2.26. The Labute approximate surface area is 146 Å². The number of Topliss-reactive ketones (excluding diaryl/α,β-unsaturated/α-hetero) is 1. The Morgan fingerprint density at radius 1 is 1.38 bits per heavy atom. The first-order valence-electron chi connectivity index (χ1n) is 8.25. The molecule has 1 atom stereocenters. The lowest BCUT2D eigenvalue weighted by molar-refractivity contribution is -0.130. The van der Waals surface area contributed by atoms with Crippen molar-refractivity contribution in [3.8, 4) is 0 Å². The third-order valence-electron chi connectivity index (χ3n) is 3.79. The van der Waals surface area contributed by atoms with Crippen LogP contribution in [0.25, 0.3) is 0 Å². The zero-order valence-corrected chi connectivity index (χ0v) is 15.4. The van der Waals surface area contributed by atoms with E-state index in [1.54, 1.807) is 0 Å². The van der Waals surface area contributed by atoms with E-state index in [0.29, 0.717) is 19.6 Å². The van der Waals surface area contributed by atoms with Crippen molar-refractivity contribution in [1.82, 2.24) is 4.90 Å². The van der Waals surface area contributed by atoms with Crippen LogP contribution in [0.1, 0.15) is 45.0 Å². The normalized spacial score (nSPS) is 18.3. The maximum Gasteiger partial charge on any atom is 0.290 e. The van der Waals surface area contributed by atoms with Crippen molar-refractivity contribution in [2.24, 2.45) is 5.92 Å². The van der Waals surface area contributed by atoms with Crippen LogP contribution in [0.4, 0.5) is 0 Å². The van der Waals surface area contributed by atoms with Crippen molar-refractivity contribution in [3.63, 3.8) is 0 Å². The smallest absolute Gasteiger partial charge is 0.290 e. The van der Waals surface area contributed by atoms with Crippen LogP contribution in [-0.4, -0.2) is 41.0 Å². The Balaban J connectivity index is 2.30. The summed E-state index contributed by atoms with van der Waals surface area (Å²) in [5, 5.41) is 12.2. The fraction of sp³-hybridized carbons (Fsp3) is 0.556. The summed E-state index contributed by atoms with van der Waals surface area (Å²) < 4.78 is 5.54. The minimum absolute atomic E-state index is 0.0616. The summed E-state index contributed by atoms with van der Waals surface area (Å²) in [5.41, 5.74) is 0.223. The maximum absolute atomic E-state index is 12.6. The van der Waals surface area contributed by atoms with Gasteiger partial charge in [-0.15, -0.1) is 11.3 Å². The molecule has 1 unspecified atom stereocenters. The van der Waals surface area contributed by atoms with Gasteiger partial charge in [-0.2, -0.15) is 0 Å². The summed E-state index contributed by atoms with van der Waals surface area (Å²) in [5.74, 6) is -0.909. The number of amides is 1. The summed E-state index contributed by atoms with van der Waals surface area (Å²) in [7, 11) is 0. The van der Waals surface area contributed by atoms with Gasteiger partial charge >= 0.3 is 0 Å². The van der Waals surface area contributed by atoms with Gasteiger partial charge in [0, 0.05) is 17.8 Å². The van der Waals surface area contributed by atoms with Gasteiger partial charge in [0.1, 0.15) is 0 Å². The quantitative estimate of drug-likeness (QED) is 0.778. The van der Waals surface area contributed by atoms with Crippen LogP contribution in [0.15, 0.2) is 28.8 Å². The van der Waals surface area contributed by atoms with Gasteiger partial charge in [-0.25, -0.2) is 0 Å². The number of ether oxygens (including phenoxy) is 1. The Bertz CT molecular complexity index is 619. The number of ketones is 1. The maximum atomic E-state index is 12.6. The number of nitrogens with zero attached hydrogens (tertiary/aromatic N) is 1. The highest BCUT2D eigenvalue weighted by atomic mass is 32.1. The van der Waals surface area contributed by atoms with Gasteiger partial charge in [0.05, 0.1) is 24.3 Å². The number of rotatable bonds is 8. The number of carbonyl (C=O) groups excluding carboxylic acids is 2. The molecule has 0 fully saturated rings. The largest absolute Gasteiger partial charge is 0.503 e. The van der Waals surface area contributed by atoms with E-state index < -0.39 is 17.7 Å². The van der Waals surface area contributed by atoms with Crippen LogP contribution in [0, 0.1) is 5.92 Å². The van der Waals surface area contributed by atoms with Gasteiger partial charge in [0.15, 0.2) is 11.5 Å². The molecule has 0 radical (unpaired) electrons. The Kier molecular flexibility index (Phi) is 6.18. The average molecular weight is 351 g/mol. The van der Waals surface area contributed by atoms with Gasteiger partial charge in [0.25, 0.3) is 5.91 Å². The van der Waals surface area contributed by atoms with Crippen molar-refractivity contribution in [3.05, 3.63) is 33.7 Å². The first-order valence-corrected chi connectivity index (χ1v) is 9.13. The first-order chi connectivity index (χ1) is 11.3. The molecular formula is C18H25NO4S. The number of aliphatic hydroxyl groups excluding tert-OH is 1. The average Bonchev–Trinajstić information content (AvgIpc) is 3.08. The van der Waals surface area contributed by atoms with Crippen LogP contribution in [0.5, 0.6) is 0 Å². The minimum Gasteiger partial charge on any atom is -0.503 e. The summed E-state index contributed by atoms with van der Waals surface area (Å²) in [4.78, 5) is 27.5. The number of carbonyl (C=O) groups is 2. The van der Waals surface area contributed by atoms with E-state index in [4.69, 9.17) is 4.74 Å². The lowest BCUT2D eigenvalue weighted by Crippen LogP contribution is -2.34.